The number of pyridine rings is 1. The van der Waals surface area contributed by atoms with E-state index in [-0.39, 0.29) is 11.6 Å². The first-order valence-corrected chi connectivity index (χ1v) is 10.1. The summed E-state index contributed by atoms with van der Waals surface area (Å²) in [6.07, 6.45) is 3.21. The summed E-state index contributed by atoms with van der Waals surface area (Å²) in [5.41, 5.74) is 3.80. The molecule has 0 atom stereocenters. The lowest BCUT2D eigenvalue weighted by Crippen LogP contribution is -2.14. The van der Waals surface area contributed by atoms with Gasteiger partial charge in [-0.15, -0.1) is 0 Å². The van der Waals surface area contributed by atoms with E-state index in [1.165, 1.54) is 0 Å². The van der Waals surface area contributed by atoms with Crippen LogP contribution >= 0.6 is 34.8 Å². The third-order valence-corrected chi connectivity index (χ3v) is 5.32. The smallest absolute Gasteiger partial charge is 0.276 e. The van der Waals surface area contributed by atoms with E-state index >= 15 is 0 Å². The van der Waals surface area contributed by atoms with Crippen LogP contribution in [0.4, 0.5) is 5.69 Å². The number of carbonyl (C=O) groups is 1. The van der Waals surface area contributed by atoms with Crippen molar-refractivity contribution in [2.24, 2.45) is 0 Å². The molecule has 0 saturated carbocycles. The molecule has 4 rings (SSSR count). The molecule has 1 amide bonds. The van der Waals surface area contributed by atoms with Crippen LogP contribution < -0.4 is 5.32 Å². The number of hydrogen-bond acceptors (Lipinski definition) is 3. The fraction of sp³-hybridized carbons (Fsp3) is 0.0455. The molecule has 0 unspecified atom stereocenters. The van der Waals surface area contributed by atoms with Crippen molar-refractivity contribution in [2.75, 3.05) is 5.32 Å². The van der Waals surface area contributed by atoms with Crippen LogP contribution in [0.3, 0.4) is 0 Å². The molecule has 4 aromatic rings. The van der Waals surface area contributed by atoms with Crippen molar-refractivity contribution >= 4 is 46.4 Å². The molecule has 2 heterocycles. The third kappa shape index (κ3) is 4.05. The standard InChI is InChI=1S/C22H15Cl3N4O/c1-13-20(22(30)27-17-8-10-26-11-9-17)28-29(19-7-6-16(24)12-18(19)25)21(13)14-2-4-15(23)5-3-14/h2-12H,1H3,(H,26,27,30). The van der Waals surface area contributed by atoms with E-state index in [2.05, 4.69) is 15.4 Å². The Morgan fingerprint density at radius 2 is 1.60 bits per heavy atom. The molecule has 5 nitrogen and oxygen atoms in total. The highest BCUT2D eigenvalue weighted by atomic mass is 35.5. The van der Waals surface area contributed by atoms with E-state index in [1.54, 1.807) is 59.5 Å². The second-order valence-corrected chi connectivity index (χ2v) is 7.81. The lowest BCUT2D eigenvalue weighted by Gasteiger charge is -2.11. The minimum atomic E-state index is -0.335. The summed E-state index contributed by atoms with van der Waals surface area (Å²) >= 11 is 18.6. The van der Waals surface area contributed by atoms with E-state index < -0.39 is 0 Å². The van der Waals surface area contributed by atoms with E-state index in [0.29, 0.717) is 32.0 Å². The zero-order valence-electron chi connectivity index (χ0n) is 15.7. The first kappa shape index (κ1) is 20.4. The second kappa shape index (κ2) is 8.48. The van der Waals surface area contributed by atoms with Gasteiger partial charge in [0.15, 0.2) is 5.69 Å². The molecule has 30 heavy (non-hydrogen) atoms. The van der Waals surface area contributed by atoms with Gasteiger partial charge >= 0.3 is 0 Å². The number of hydrogen-bond donors (Lipinski definition) is 1. The molecule has 1 N–H and O–H groups in total. The molecule has 0 aliphatic carbocycles. The average Bonchev–Trinajstić information content (AvgIpc) is 3.06. The average molecular weight is 458 g/mol. The van der Waals surface area contributed by atoms with Crippen LogP contribution in [0.5, 0.6) is 0 Å². The minimum absolute atomic E-state index is 0.280. The fourth-order valence-electron chi connectivity index (χ4n) is 3.11. The molecule has 0 spiro atoms. The summed E-state index contributed by atoms with van der Waals surface area (Å²) in [6, 6.07) is 15.9. The summed E-state index contributed by atoms with van der Waals surface area (Å²) in [5, 5.41) is 8.98. The van der Waals surface area contributed by atoms with Gasteiger partial charge in [-0.25, -0.2) is 4.68 Å². The Morgan fingerprint density at radius 1 is 0.933 bits per heavy atom. The van der Waals surface area contributed by atoms with Crippen molar-refractivity contribution in [1.29, 1.82) is 0 Å². The highest BCUT2D eigenvalue weighted by Crippen LogP contribution is 2.33. The van der Waals surface area contributed by atoms with Gasteiger partial charge in [0.2, 0.25) is 0 Å². The van der Waals surface area contributed by atoms with Crippen LogP contribution in [-0.2, 0) is 0 Å². The lowest BCUT2D eigenvalue weighted by molar-refractivity contribution is 0.102. The van der Waals surface area contributed by atoms with Crippen molar-refractivity contribution in [2.45, 2.75) is 6.92 Å². The van der Waals surface area contributed by atoms with Gasteiger partial charge in [0.05, 0.1) is 16.4 Å². The van der Waals surface area contributed by atoms with Crippen molar-refractivity contribution < 1.29 is 4.79 Å². The van der Waals surface area contributed by atoms with Crippen LogP contribution in [-0.4, -0.2) is 20.7 Å². The minimum Gasteiger partial charge on any atom is -0.320 e. The third-order valence-electron chi connectivity index (χ3n) is 4.53. The number of nitrogens with zero attached hydrogens (tertiary/aromatic N) is 3. The number of carbonyl (C=O) groups excluding carboxylic acids is 1. The fourth-order valence-corrected chi connectivity index (χ4v) is 3.73. The Kier molecular flexibility index (Phi) is 5.77. The van der Waals surface area contributed by atoms with Gasteiger partial charge in [0.1, 0.15) is 0 Å². The maximum Gasteiger partial charge on any atom is 0.276 e. The molecular weight excluding hydrogens is 443 g/mol. The van der Waals surface area contributed by atoms with Crippen molar-refractivity contribution in [1.82, 2.24) is 14.8 Å². The number of amides is 1. The molecule has 150 valence electrons. The highest BCUT2D eigenvalue weighted by molar-refractivity contribution is 6.35. The molecule has 0 bridgehead atoms. The van der Waals surface area contributed by atoms with Crippen molar-refractivity contribution in [3.63, 3.8) is 0 Å². The lowest BCUT2D eigenvalue weighted by atomic mass is 10.1. The molecule has 0 saturated heterocycles. The quantitative estimate of drug-likeness (QED) is 0.383. The Balaban J connectivity index is 1.86. The number of halogens is 3. The summed E-state index contributed by atoms with van der Waals surface area (Å²) in [5.74, 6) is -0.335. The van der Waals surface area contributed by atoms with Crippen LogP contribution in [0.1, 0.15) is 16.1 Å². The van der Waals surface area contributed by atoms with Gasteiger partial charge < -0.3 is 5.32 Å². The topological polar surface area (TPSA) is 59.8 Å². The Morgan fingerprint density at radius 3 is 2.27 bits per heavy atom. The molecule has 0 radical (unpaired) electrons. The van der Waals surface area contributed by atoms with E-state index in [4.69, 9.17) is 34.8 Å². The van der Waals surface area contributed by atoms with Gasteiger partial charge in [-0.3, -0.25) is 9.78 Å². The molecule has 0 fully saturated rings. The molecule has 2 aromatic carbocycles. The van der Waals surface area contributed by atoms with E-state index in [1.807, 2.05) is 19.1 Å². The van der Waals surface area contributed by atoms with Crippen LogP contribution in [0.25, 0.3) is 16.9 Å². The molecular formula is C22H15Cl3N4O. The number of anilines is 1. The summed E-state index contributed by atoms with van der Waals surface area (Å²) in [6.45, 7) is 1.85. The van der Waals surface area contributed by atoms with Crippen LogP contribution in [0.2, 0.25) is 15.1 Å². The first-order valence-electron chi connectivity index (χ1n) is 8.96. The van der Waals surface area contributed by atoms with Crippen LogP contribution in [0, 0.1) is 6.92 Å². The normalized spacial score (nSPS) is 10.8. The zero-order valence-corrected chi connectivity index (χ0v) is 18.0. The molecule has 0 aliphatic rings. The Hall–Kier alpha value is -2.86. The maximum absolute atomic E-state index is 13.0. The predicted octanol–water partition coefficient (Wildman–Crippen LogP) is 6.46. The SMILES string of the molecule is Cc1c(C(=O)Nc2ccncc2)nn(-c2ccc(Cl)cc2Cl)c1-c1ccc(Cl)cc1. The number of rotatable bonds is 4. The highest BCUT2D eigenvalue weighted by Gasteiger charge is 2.23. The van der Waals surface area contributed by atoms with Crippen LogP contribution in [0.15, 0.2) is 67.0 Å². The molecule has 2 aromatic heterocycles. The zero-order chi connectivity index (χ0) is 21.3. The van der Waals surface area contributed by atoms with Gasteiger partial charge in [0.25, 0.3) is 5.91 Å². The number of nitrogens with one attached hydrogen (secondary N) is 1. The van der Waals surface area contributed by atoms with Gasteiger partial charge in [-0.05, 0) is 49.4 Å². The summed E-state index contributed by atoms with van der Waals surface area (Å²) < 4.78 is 1.65. The summed E-state index contributed by atoms with van der Waals surface area (Å²) in [4.78, 5) is 16.9. The van der Waals surface area contributed by atoms with Gasteiger partial charge in [-0.2, -0.15) is 5.10 Å². The first-order chi connectivity index (χ1) is 14.4. The summed E-state index contributed by atoms with van der Waals surface area (Å²) in [7, 11) is 0. The monoisotopic (exact) mass is 456 g/mol. The van der Waals surface area contributed by atoms with Gasteiger partial charge in [0, 0.05) is 39.3 Å². The maximum atomic E-state index is 13.0. The van der Waals surface area contributed by atoms with E-state index in [9.17, 15) is 4.79 Å². The molecule has 0 aliphatic heterocycles. The van der Waals surface area contributed by atoms with E-state index in [0.717, 1.165) is 11.3 Å². The van der Waals surface area contributed by atoms with Crippen molar-refractivity contribution in [3.8, 4) is 16.9 Å². The number of benzene rings is 2. The van der Waals surface area contributed by atoms with Gasteiger partial charge in [-0.1, -0.05) is 46.9 Å². The largest absolute Gasteiger partial charge is 0.320 e. The molecule has 8 heteroatoms. The number of aromatic nitrogens is 3. The van der Waals surface area contributed by atoms with Crippen molar-refractivity contribution in [3.05, 3.63) is 93.3 Å². The predicted molar refractivity (Wildman–Crippen MR) is 121 cm³/mol. The second-order valence-electron chi connectivity index (χ2n) is 6.53. The Bertz CT molecular complexity index is 1220. The Labute approximate surface area is 188 Å².